The van der Waals surface area contributed by atoms with Crippen LogP contribution in [-0.2, 0) is 9.59 Å². The Morgan fingerprint density at radius 3 is 2.18 bits per heavy atom. The molecule has 1 unspecified atom stereocenters. The van der Waals surface area contributed by atoms with Crippen molar-refractivity contribution < 1.29 is 9.59 Å². The van der Waals surface area contributed by atoms with Gasteiger partial charge >= 0.3 is 0 Å². The predicted molar refractivity (Wildman–Crippen MR) is 44.3 cm³/mol. The van der Waals surface area contributed by atoms with Gasteiger partial charge in [0.2, 0.25) is 0 Å². The fraction of sp³-hybridized carbons (Fsp3) is 0.778. The van der Waals surface area contributed by atoms with Gasteiger partial charge in [-0.05, 0) is 5.41 Å². The van der Waals surface area contributed by atoms with Crippen LogP contribution in [0.4, 0.5) is 0 Å². The van der Waals surface area contributed by atoms with Crippen molar-refractivity contribution in [3.63, 3.8) is 0 Å². The number of carbonyl (C=O) groups is 2. The van der Waals surface area contributed by atoms with Gasteiger partial charge in [0.1, 0.15) is 12.1 Å². The Kier molecular flexibility index (Phi) is 3.43. The standard InChI is InChI=1S/C9H16O2/c1-7(9(2,3)4)8(11)5-6-10/h6-7H,5H2,1-4H3. The first kappa shape index (κ1) is 10.3. The smallest absolute Gasteiger partial charge is 0.143 e. The van der Waals surface area contributed by atoms with Crippen molar-refractivity contribution in [3.8, 4) is 0 Å². The molecule has 2 heteroatoms. The summed E-state index contributed by atoms with van der Waals surface area (Å²) < 4.78 is 0. The molecule has 0 spiro atoms. The monoisotopic (exact) mass is 156 g/mol. The summed E-state index contributed by atoms with van der Waals surface area (Å²) in [7, 11) is 0. The zero-order chi connectivity index (χ0) is 9.07. The summed E-state index contributed by atoms with van der Waals surface area (Å²) in [6.45, 7) is 7.87. The van der Waals surface area contributed by atoms with Gasteiger partial charge in [-0.3, -0.25) is 4.79 Å². The van der Waals surface area contributed by atoms with E-state index >= 15 is 0 Å². The van der Waals surface area contributed by atoms with Gasteiger partial charge in [0.15, 0.2) is 0 Å². The predicted octanol–water partition coefficient (Wildman–Crippen LogP) is 1.83. The molecule has 0 saturated heterocycles. The van der Waals surface area contributed by atoms with Crippen molar-refractivity contribution in [2.45, 2.75) is 34.1 Å². The third-order valence-corrected chi connectivity index (χ3v) is 2.07. The van der Waals surface area contributed by atoms with Crippen LogP contribution in [0.3, 0.4) is 0 Å². The highest BCUT2D eigenvalue weighted by Gasteiger charge is 2.25. The van der Waals surface area contributed by atoms with E-state index in [1.54, 1.807) is 0 Å². The van der Waals surface area contributed by atoms with Crippen molar-refractivity contribution in [1.82, 2.24) is 0 Å². The maximum atomic E-state index is 11.2. The Morgan fingerprint density at radius 1 is 1.45 bits per heavy atom. The van der Waals surface area contributed by atoms with E-state index in [0.29, 0.717) is 6.29 Å². The molecular formula is C9H16O2. The van der Waals surface area contributed by atoms with Gasteiger partial charge in [-0.2, -0.15) is 0 Å². The number of hydrogen-bond acceptors (Lipinski definition) is 2. The molecule has 0 aliphatic carbocycles. The van der Waals surface area contributed by atoms with Crippen LogP contribution in [-0.4, -0.2) is 12.1 Å². The second kappa shape index (κ2) is 3.65. The quantitative estimate of drug-likeness (QED) is 0.461. The summed E-state index contributed by atoms with van der Waals surface area (Å²) in [5.74, 6) is 0.000185. The Labute approximate surface area is 68.0 Å². The molecule has 0 aliphatic rings. The van der Waals surface area contributed by atoms with Crippen LogP contribution in [0, 0.1) is 11.3 Å². The summed E-state index contributed by atoms with van der Waals surface area (Å²) in [4.78, 5) is 21.2. The zero-order valence-corrected chi connectivity index (χ0v) is 7.68. The molecule has 64 valence electrons. The minimum Gasteiger partial charge on any atom is -0.303 e. The first-order chi connectivity index (χ1) is 4.89. The molecule has 0 rings (SSSR count). The van der Waals surface area contributed by atoms with Crippen molar-refractivity contribution >= 4 is 12.1 Å². The van der Waals surface area contributed by atoms with Crippen LogP contribution in [0.1, 0.15) is 34.1 Å². The highest BCUT2D eigenvalue weighted by Crippen LogP contribution is 2.26. The Bertz CT molecular complexity index is 153. The van der Waals surface area contributed by atoms with E-state index in [-0.39, 0.29) is 23.5 Å². The first-order valence-electron chi connectivity index (χ1n) is 3.86. The van der Waals surface area contributed by atoms with Gasteiger partial charge in [0, 0.05) is 5.92 Å². The molecule has 2 nitrogen and oxygen atoms in total. The minimum atomic E-state index is -0.0345. The lowest BCUT2D eigenvalue weighted by molar-refractivity contribution is -0.127. The third-order valence-electron chi connectivity index (χ3n) is 2.07. The highest BCUT2D eigenvalue weighted by molar-refractivity contribution is 5.91. The molecule has 11 heavy (non-hydrogen) atoms. The van der Waals surface area contributed by atoms with E-state index in [0.717, 1.165) is 0 Å². The molecule has 0 fully saturated rings. The van der Waals surface area contributed by atoms with Gasteiger partial charge in [-0.15, -0.1) is 0 Å². The molecule has 1 atom stereocenters. The number of rotatable bonds is 3. The first-order valence-corrected chi connectivity index (χ1v) is 3.86. The topological polar surface area (TPSA) is 34.1 Å². The summed E-state index contributed by atoms with van der Waals surface area (Å²) in [5.41, 5.74) is -0.0277. The number of aldehydes is 1. The maximum Gasteiger partial charge on any atom is 0.143 e. The molecule has 0 aromatic rings. The lowest BCUT2D eigenvalue weighted by atomic mass is 9.79. The SMILES string of the molecule is CC(C(=O)CC=O)C(C)(C)C. The summed E-state index contributed by atoms with van der Waals surface area (Å²) in [6.07, 6.45) is 0.725. The van der Waals surface area contributed by atoms with E-state index < -0.39 is 0 Å². The largest absolute Gasteiger partial charge is 0.303 e. The van der Waals surface area contributed by atoms with Gasteiger partial charge in [0.05, 0.1) is 6.42 Å². The number of ketones is 1. The Morgan fingerprint density at radius 2 is 1.91 bits per heavy atom. The van der Waals surface area contributed by atoms with E-state index in [9.17, 15) is 9.59 Å². The van der Waals surface area contributed by atoms with Crippen LogP contribution >= 0.6 is 0 Å². The molecule has 0 aliphatic heterocycles. The molecule has 0 heterocycles. The lowest BCUT2D eigenvalue weighted by Gasteiger charge is -2.25. The van der Waals surface area contributed by atoms with Gasteiger partial charge in [0.25, 0.3) is 0 Å². The average molecular weight is 156 g/mol. The lowest BCUT2D eigenvalue weighted by Crippen LogP contribution is -2.25. The van der Waals surface area contributed by atoms with E-state index in [2.05, 4.69) is 0 Å². The minimum absolute atomic E-state index is 0.0277. The van der Waals surface area contributed by atoms with Crippen molar-refractivity contribution in [3.05, 3.63) is 0 Å². The molecule has 0 saturated carbocycles. The summed E-state index contributed by atoms with van der Waals surface area (Å²) >= 11 is 0. The molecule has 0 amide bonds. The molecule has 0 bridgehead atoms. The Hall–Kier alpha value is -0.660. The second-order valence-electron chi connectivity index (χ2n) is 3.92. The second-order valence-corrected chi connectivity index (χ2v) is 3.92. The van der Waals surface area contributed by atoms with Crippen LogP contribution in [0.2, 0.25) is 0 Å². The zero-order valence-electron chi connectivity index (χ0n) is 7.68. The normalized spacial score (nSPS) is 14.2. The molecule has 0 N–H and O–H groups in total. The number of hydrogen-bond donors (Lipinski definition) is 0. The van der Waals surface area contributed by atoms with E-state index in [1.807, 2.05) is 27.7 Å². The van der Waals surface area contributed by atoms with Gasteiger partial charge < -0.3 is 4.79 Å². The fourth-order valence-corrected chi connectivity index (χ4v) is 0.742. The van der Waals surface area contributed by atoms with E-state index in [4.69, 9.17) is 0 Å². The van der Waals surface area contributed by atoms with Crippen LogP contribution in [0.25, 0.3) is 0 Å². The Balaban J connectivity index is 4.13. The average Bonchev–Trinajstić information content (AvgIpc) is 1.85. The molecule has 0 radical (unpaired) electrons. The fourth-order valence-electron chi connectivity index (χ4n) is 0.742. The maximum absolute atomic E-state index is 11.2. The van der Waals surface area contributed by atoms with Crippen LogP contribution < -0.4 is 0 Å². The summed E-state index contributed by atoms with van der Waals surface area (Å²) in [6, 6.07) is 0. The van der Waals surface area contributed by atoms with Crippen molar-refractivity contribution in [1.29, 1.82) is 0 Å². The number of Topliss-reactive ketones (excluding diaryl/α,β-unsaturated/α-hetero) is 1. The van der Waals surface area contributed by atoms with Crippen LogP contribution in [0.5, 0.6) is 0 Å². The summed E-state index contributed by atoms with van der Waals surface area (Å²) in [5, 5.41) is 0. The number of carbonyl (C=O) groups excluding carboxylic acids is 2. The highest BCUT2D eigenvalue weighted by atomic mass is 16.1. The molecular weight excluding hydrogens is 140 g/mol. The molecule has 0 aromatic heterocycles. The van der Waals surface area contributed by atoms with Crippen molar-refractivity contribution in [2.24, 2.45) is 11.3 Å². The van der Waals surface area contributed by atoms with E-state index in [1.165, 1.54) is 0 Å². The van der Waals surface area contributed by atoms with Crippen molar-refractivity contribution in [2.75, 3.05) is 0 Å². The third kappa shape index (κ3) is 3.30. The molecule has 0 aromatic carbocycles. The van der Waals surface area contributed by atoms with Gasteiger partial charge in [-0.1, -0.05) is 27.7 Å². The van der Waals surface area contributed by atoms with Gasteiger partial charge in [-0.25, -0.2) is 0 Å². The van der Waals surface area contributed by atoms with Crippen LogP contribution in [0.15, 0.2) is 0 Å².